The monoisotopic (exact) mass is 372 g/mol. The maximum atomic E-state index is 10.1. The van der Waals surface area contributed by atoms with Gasteiger partial charge in [0.25, 0.3) is 0 Å². The molecule has 1 heterocycles. The van der Waals surface area contributed by atoms with E-state index in [2.05, 4.69) is 20.7 Å². The molecule has 0 amide bonds. The number of H-pyrrole nitrogens is 1. The van der Waals surface area contributed by atoms with E-state index < -0.39 is 6.10 Å². The van der Waals surface area contributed by atoms with Crippen LogP contribution in [0.3, 0.4) is 0 Å². The van der Waals surface area contributed by atoms with E-state index in [0.29, 0.717) is 42.5 Å². The number of aryl methyl sites for hydroxylation is 1. The molecule has 8 heteroatoms. The molecule has 0 radical (unpaired) electrons. The van der Waals surface area contributed by atoms with Gasteiger partial charge in [-0.1, -0.05) is 18.2 Å². The summed E-state index contributed by atoms with van der Waals surface area (Å²) in [5.41, 5.74) is 2.46. The fraction of sp³-hybridized carbons (Fsp3) is 0.368. The molecule has 27 heavy (non-hydrogen) atoms. The van der Waals surface area contributed by atoms with Crippen molar-refractivity contribution in [1.29, 1.82) is 0 Å². The Morgan fingerprint density at radius 1 is 1.04 bits per heavy atom. The Hall–Kier alpha value is -2.84. The summed E-state index contributed by atoms with van der Waals surface area (Å²) in [6.07, 6.45) is -0.653. The van der Waals surface area contributed by atoms with Gasteiger partial charge in [-0.15, -0.1) is 0 Å². The second-order valence-corrected chi connectivity index (χ2v) is 6.07. The van der Waals surface area contributed by atoms with Gasteiger partial charge >= 0.3 is 0 Å². The largest absolute Gasteiger partial charge is 0.493 e. The van der Waals surface area contributed by atoms with Crippen LogP contribution in [0, 0.1) is 6.92 Å². The van der Waals surface area contributed by atoms with Gasteiger partial charge in [-0.05, 0) is 30.7 Å². The third-order valence-corrected chi connectivity index (χ3v) is 4.06. The summed E-state index contributed by atoms with van der Waals surface area (Å²) in [5, 5.41) is 24.0. The van der Waals surface area contributed by atoms with E-state index in [1.54, 1.807) is 7.11 Å². The summed E-state index contributed by atoms with van der Waals surface area (Å²) in [7, 11) is 1.61. The molecule has 3 N–H and O–H groups in total. The average Bonchev–Trinajstić information content (AvgIpc) is 3.18. The summed E-state index contributed by atoms with van der Waals surface area (Å²) in [6.45, 7) is 3.56. The summed E-state index contributed by atoms with van der Waals surface area (Å²) in [6, 6.07) is 11.2. The fourth-order valence-electron chi connectivity index (χ4n) is 2.64. The minimum atomic E-state index is -0.653. The molecular weight excluding hydrogens is 348 g/mol. The van der Waals surface area contributed by atoms with Gasteiger partial charge in [0.15, 0.2) is 17.0 Å². The summed E-state index contributed by atoms with van der Waals surface area (Å²) in [5.74, 6) is 1.99. The molecule has 1 atom stereocenters. The van der Waals surface area contributed by atoms with Gasteiger partial charge in [-0.3, -0.25) is 0 Å². The first-order valence-electron chi connectivity index (χ1n) is 8.76. The van der Waals surface area contributed by atoms with E-state index in [1.165, 1.54) is 0 Å². The number of fused-ring (bicyclic) bond motifs is 1. The molecule has 1 unspecified atom stereocenters. The Bertz CT molecular complexity index is 868. The summed E-state index contributed by atoms with van der Waals surface area (Å²) < 4.78 is 16.6. The first kappa shape index (κ1) is 18.9. The molecule has 144 valence electrons. The van der Waals surface area contributed by atoms with E-state index in [9.17, 15) is 5.11 Å². The Kier molecular flexibility index (Phi) is 6.45. The Balaban J connectivity index is 1.38. The van der Waals surface area contributed by atoms with E-state index >= 15 is 0 Å². The standard InChI is InChI=1S/C19H24N4O4/c1-13-7-8-17(19-18(13)21-23-22-19)27-12-14(24)11-20-9-10-26-16-6-4-3-5-15(16)25-2/h3-8,14,20,24H,9-12H2,1-2H3,(H,21,22,23). The van der Waals surface area contributed by atoms with Gasteiger partial charge in [0.2, 0.25) is 0 Å². The minimum absolute atomic E-state index is 0.158. The van der Waals surface area contributed by atoms with Gasteiger partial charge in [0, 0.05) is 13.1 Å². The first-order chi connectivity index (χ1) is 13.2. The number of hydrogen-bond acceptors (Lipinski definition) is 7. The Morgan fingerprint density at radius 3 is 2.63 bits per heavy atom. The minimum Gasteiger partial charge on any atom is -0.493 e. The molecule has 2 aromatic carbocycles. The summed E-state index contributed by atoms with van der Waals surface area (Å²) in [4.78, 5) is 0. The molecule has 0 spiro atoms. The van der Waals surface area contributed by atoms with E-state index in [1.807, 2.05) is 43.3 Å². The second kappa shape index (κ2) is 9.20. The van der Waals surface area contributed by atoms with Crippen LogP contribution in [-0.2, 0) is 0 Å². The number of aliphatic hydroxyl groups excluding tert-OH is 1. The molecule has 0 aliphatic carbocycles. The lowest BCUT2D eigenvalue weighted by Gasteiger charge is -2.14. The van der Waals surface area contributed by atoms with Crippen LogP contribution in [0.15, 0.2) is 36.4 Å². The molecule has 8 nitrogen and oxygen atoms in total. The van der Waals surface area contributed by atoms with E-state index in [4.69, 9.17) is 14.2 Å². The number of aromatic amines is 1. The highest BCUT2D eigenvalue weighted by atomic mass is 16.5. The van der Waals surface area contributed by atoms with Gasteiger partial charge in [0.05, 0.1) is 7.11 Å². The lowest BCUT2D eigenvalue weighted by atomic mass is 10.2. The first-order valence-corrected chi connectivity index (χ1v) is 8.76. The predicted molar refractivity (Wildman–Crippen MR) is 101 cm³/mol. The van der Waals surface area contributed by atoms with Gasteiger partial charge in [0.1, 0.15) is 30.6 Å². The van der Waals surface area contributed by atoms with Crippen LogP contribution < -0.4 is 19.5 Å². The molecule has 0 bridgehead atoms. The van der Waals surface area contributed by atoms with Crippen LogP contribution in [0.2, 0.25) is 0 Å². The molecule has 0 aliphatic heterocycles. The highest BCUT2D eigenvalue weighted by Gasteiger charge is 2.11. The smallest absolute Gasteiger partial charge is 0.161 e. The highest BCUT2D eigenvalue weighted by Crippen LogP contribution is 2.25. The molecular formula is C19H24N4O4. The normalized spacial score (nSPS) is 12.1. The molecule has 0 aliphatic rings. The number of ether oxygens (including phenoxy) is 3. The van der Waals surface area contributed by atoms with Gasteiger partial charge < -0.3 is 24.6 Å². The predicted octanol–water partition coefficient (Wildman–Crippen LogP) is 1.68. The Labute approximate surface area is 157 Å². The summed E-state index contributed by atoms with van der Waals surface area (Å²) >= 11 is 0. The van der Waals surface area contributed by atoms with Crippen LogP contribution in [0.25, 0.3) is 11.0 Å². The van der Waals surface area contributed by atoms with Crippen molar-refractivity contribution in [3.8, 4) is 17.2 Å². The average molecular weight is 372 g/mol. The van der Waals surface area contributed by atoms with Crippen molar-refractivity contribution in [2.75, 3.05) is 33.4 Å². The van der Waals surface area contributed by atoms with Gasteiger partial charge in [-0.25, -0.2) is 0 Å². The maximum Gasteiger partial charge on any atom is 0.161 e. The molecule has 0 saturated heterocycles. The number of aliphatic hydroxyl groups is 1. The SMILES string of the molecule is COc1ccccc1OCCNCC(O)COc1ccc(C)c2n[nH]nc12. The van der Waals surface area contributed by atoms with Crippen molar-refractivity contribution in [2.24, 2.45) is 0 Å². The number of para-hydroxylation sites is 2. The van der Waals surface area contributed by atoms with Crippen molar-refractivity contribution in [2.45, 2.75) is 13.0 Å². The molecule has 0 saturated carbocycles. The van der Waals surface area contributed by atoms with Crippen LogP contribution >= 0.6 is 0 Å². The number of methoxy groups -OCH3 is 1. The lowest BCUT2D eigenvalue weighted by Crippen LogP contribution is -2.33. The molecule has 0 fully saturated rings. The van der Waals surface area contributed by atoms with Gasteiger partial charge in [-0.2, -0.15) is 15.4 Å². The fourth-order valence-corrected chi connectivity index (χ4v) is 2.64. The van der Waals surface area contributed by atoms with Crippen molar-refractivity contribution in [3.05, 3.63) is 42.0 Å². The number of benzene rings is 2. The molecule has 1 aromatic heterocycles. The zero-order chi connectivity index (χ0) is 19.1. The third kappa shape index (κ3) is 4.87. The quantitative estimate of drug-likeness (QED) is 0.466. The number of nitrogens with one attached hydrogen (secondary N) is 2. The number of nitrogens with zero attached hydrogens (tertiary/aromatic N) is 2. The Morgan fingerprint density at radius 2 is 1.81 bits per heavy atom. The topological polar surface area (TPSA) is 102 Å². The maximum absolute atomic E-state index is 10.1. The van der Waals surface area contributed by atoms with Crippen molar-refractivity contribution >= 4 is 11.0 Å². The van der Waals surface area contributed by atoms with Crippen LogP contribution in [-0.4, -0.2) is 60.0 Å². The highest BCUT2D eigenvalue weighted by molar-refractivity contribution is 5.83. The zero-order valence-corrected chi connectivity index (χ0v) is 15.4. The van der Waals surface area contributed by atoms with Crippen molar-refractivity contribution in [1.82, 2.24) is 20.7 Å². The van der Waals surface area contributed by atoms with Crippen LogP contribution in [0.5, 0.6) is 17.2 Å². The van der Waals surface area contributed by atoms with E-state index in [0.717, 1.165) is 11.1 Å². The van der Waals surface area contributed by atoms with Crippen LogP contribution in [0.1, 0.15) is 5.56 Å². The number of rotatable bonds is 10. The molecule has 3 rings (SSSR count). The lowest BCUT2D eigenvalue weighted by molar-refractivity contribution is 0.106. The third-order valence-electron chi connectivity index (χ3n) is 4.06. The van der Waals surface area contributed by atoms with Crippen molar-refractivity contribution in [3.63, 3.8) is 0 Å². The van der Waals surface area contributed by atoms with E-state index in [-0.39, 0.29) is 6.61 Å². The van der Waals surface area contributed by atoms with Crippen molar-refractivity contribution < 1.29 is 19.3 Å². The molecule has 3 aromatic rings. The number of aromatic nitrogens is 3. The zero-order valence-electron chi connectivity index (χ0n) is 15.4. The van der Waals surface area contributed by atoms with Crippen LogP contribution in [0.4, 0.5) is 0 Å². The number of hydrogen-bond donors (Lipinski definition) is 3. The second-order valence-electron chi connectivity index (χ2n) is 6.07.